The monoisotopic (exact) mass is 494 g/mol. The second kappa shape index (κ2) is 8.89. The minimum atomic E-state index is -0.246. The van der Waals surface area contributed by atoms with Gasteiger partial charge in [-0.25, -0.2) is 4.68 Å². The number of nitrogens with zero attached hydrogens (tertiary/aromatic N) is 3. The van der Waals surface area contributed by atoms with E-state index in [4.69, 9.17) is 5.10 Å². The summed E-state index contributed by atoms with van der Waals surface area (Å²) in [5.74, 6) is 0.841. The number of benzene rings is 1. The van der Waals surface area contributed by atoms with Crippen molar-refractivity contribution in [3.8, 4) is 5.69 Å². The lowest BCUT2D eigenvalue weighted by Crippen LogP contribution is -2.43. The highest BCUT2D eigenvalue weighted by Crippen LogP contribution is 2.48. The van der Waals surface area contributed by atoms with E-state index in [1.807, 2.05) is 28.9 Å². The van der Waals surface area contributed by atoms with Crippen LogP contribution in [0.15, 0.2) is 41.1 Å². The Balaban J connectivity index is 1.73. The maximum Gasteiger partial charge on any atom is 0.240 e. The lowest BCUT2D eigenvalue weighted by Gasteiger charge is -2.24. The van der Waals surface area contributed by atoms with Gasteiger partial charge in [-0.1, -0.05) is 38.5 Å². The molecule has 1 aliphatic carbocycles. The predicted molar refractivity (Wildman–Crippen MR) is 139 cm³/mol. The highest BCUT2D eigenvalue weighted by atomic mass is 32.2. The summed E-state index contributed by atoms with van der Waals surface area (Å²) in [6.07, 6.45) is 2.02. The molecule has 2 aliphatic rings. The van der Waals surface area contributed by atoms with E-state index in [-0.39, 0.29) is 35.1 Å². The van der Waals surface area contributed by atoms with Gasteiger partial charge >= 0.3 is 0 Å². The van der Waals surface area contributed by atoms with E-state index in [0.717, 1.165) is 35.3 Å². The van der Waals surface area contributed by atoms with Gasteiger partial charge in [-0.2, -0.15) is 16.4 Å². The Labute approximate surface area is 208 Å². The smallest absolute Gasteiger partial charge is 0.240 e. The molecule has 0 bridgehead atoms. The average Bonchev–Trinajstić information content (AvgIpc) is 3.30. The van der Waals surface area contributed by atoms with Gasteiger partial charge in [0.2, 0.25) is 11.8 Å². The molecule has 0 unspecified atom stereocenters. The summed E-state index contributed by atoms with van der Waals surface area (Å²) in [7, 11) is 0. The number of anilines is 1. The lowest BCUT2D eigenvalue weighted by molar-refractivity contribution is -0.123. The molecule has 6 nitrogen and oxygen atoms in total. The summed E-state index contributed by atoms with van der Waals surface area (Å²) in [4.78, 5) is 28.1. The highest BCUT2D eigenvalue weighted by molar-refractivity contribution is 8.00. The van der Waals surface area contributed by atoms with Gasteiger partial charge in [0, 0.05) is 17.0 Å². The van der Waals surface area contributed by atoms with Crippen molar-refractivity contribution >= 4 is 40.7 Å². The summed E-state index contributed by atoms with van der Waals surface area (Å²) in [5, 5.41) is 12.4. The summed E-state index contributed by atoms with van der Waals surface area (Å²) in [5.41, 5.74) is 4.94. The van der Waals surface area contributed by atoms with Gasteiger partial charge in [0.1, 0.15) is 12.4 Å². The zero-order valence-electron chi connectivity index (χ0n) is 20.0. The van der Waals surface area contributed by atoms with Crippen molar-refractivity contribution in [3.05, 3.63) is 63.5 Å². The van der Waals surface area contributed by atoms with Crippen molar-refractivity contribution in [2.75, 3.05) is 17.2 Å². The molecular weight excluding hydrogens is 464 g/mol. The van der Waals surface area contributed by atoms with Crippen LogP contribution in [0, 0.1) is 6.92 Å². The Bertz CT molecular complexity index is 1200. The first-order valence-electron chi connectivity index (χ1n) is 11.7. The molecule has 178 valence electrons. The van der Waals surface area contributed by atoms with Crippen LogP contribution in [0.3, 0.4) is 0 Å². The van der Waals surface area contributed by atoms with Crippen LogP contribution >= 0.6 is 23.1 Å². The summed E-state index contributed by atoms with van der Waals surface area (Å²) in [6.45, 7) is 8.51. The molecule has 0 radical (unpaired) electrons. The van der Waals surface area contributed by atoms with Gasteiger partial charge in [-0.15, -0.1) is 11.8 Å². The van der Waals surface area contributed by atoms with E-state index in [1.165, 1.54) is 5.56 Å². The van der Waals surface area contributed by atoms with Gasteiger partial charge in [0.05, 0.1) is 22.4 Å². The first kappa shape index (κ1) is 23.2. The Kier molecular flexibility index (Phi) is 6.06. The summed E-state index contributed by atoms with van der Waals surface area (Å²) >= 11 is 3.28. The van der Waals surface area contributed by atoms with Crippen LogP contribution < -0.4 is 10.2 Å². The fraction of sp³-hybridized carbons (Fsp3) is 0.423. The predicted octanol–water partition coefficient (Wildman–Crippen LogP) is 4.99. The molecule has 2 amide bonds. The largest absolute Gasteiger partial charge is 0.352 e. The molecule has 1 N–H and O–H groups in total. The van der Waals surface area contributed by atoms with Crippen molar-refractivity contribution in [2.45, 2.75) is 57.2 Å². The van der Waals surface area contributed by atoms with Crippen LogP contribution in [-0.4, -0.2) is 39.9 Å². The number of carbonyl (C=O) groups excluding carboxylic acids is 2. The van der Waals surface area contributed by atoms with Gasteiger partial charge in [0.25, 0.3) is 0 Å². The molecule has 1 aliphatic heterocycles. The van der Waals surface area contributed by atoms with Crippen LogP contribution in [0.5, 0.6) is 0 Å². The zero-order valence-corrected chi connectivity index (χ0v) is 21.6. The van der Waals surface area contributed by atoms with Crippen LogP contribution in [0.1, 0.15) is 61.2 Å². The van der Waals surface area contributed by atoms with Gasteiger partial charge in [-0.3, -0.25) is 14.5 Å². The van der Waals surface area contributed by atoms with Crippen molar-refractivity contribution in [1.82, 2.24) is 15.1 Å². The number of thioether (sulfide) groups is 1. The first-order valence-corrected chi connectivity index (χ1v) is 13.7. The third-order valence-electron chi connectivity index (χ3n) is 6.17. The maximum absolute atomic E-state index is 13.5. The molecule has 34 heavy (non-hydrogen) atoms. The van der Waals surface area contributed by atoms with Crippen molar-refractivity contribution in [3.63, 3.8) is 0 Å². The third kappa shape index (κ3) is 4.53. The normalized spacial score (nSPS) is 18.5. The summed E-state index contributed by atoms with van der Waals surface area (Å²) in [6, 6.07) is 10.5. The van der Waals surface area contributed by atoms with Crippen LogP contribution in [0.4, 0.5) is 5.82 Å². The van der Waals surface area contributed by atoms with Crippen molar-refractivity contribution in [1.29, 1.82) is 0 Å². The van der Waals surface area contributed by atoms with Gasteiger partial charge in [0.15, 0.2) is 0 Å². The zero-order chi connectivity index (χ0) is 24.0. The maximum atomic E-state index is 13.5. The number of aryl methyl sites for hydroxylation is 1. The SMILES string of the molecule is Cc1ccc(-n2nc(C(C)(C)C)c3c2N(CC(=O)NC2CC2)C(=O)CS[C@H]3c2ccsc2)cc1. The number of thiophene rings is 1. The Morgan fingerprint density at radius 2 is 1.91 bits per heavy atom. The van der Waals surface area contributed by atoms with E-state index in [2.05, 4.69) is 49.8 Å². The number of hydrogen-bond acceptors (Lipinski definition) is 5. The van der Waals surface area contributed by atoms with E-state index >= 15 is 0 Å². The minimum absolute atomic E-state index is 0.000385. The third-order valence-corrected chi connectivity index (χ3v) is 8.12. The molecule has 1 atom stereocenters. The van der Waals surface area contributed by atoms with Crippen molar-refractivity contribution < 1.29 is 9.59 Å². The van der Waals surface area contributed by atoms with Gasteiger partial charge < -0.3 is 5.32 Å². The molecule has 2 aromatic heterocycles. The van der Waals surface area contributed by atoms with Crippen LogP contribution in [-0.2, 0) is 15.0 Å². The molecule has 1 saturated carbocycles. The van der Waals surface area contributed by atoms with Crippen LogP contribution in [0.25, 0.3) is 5.69 Å². The number of hydrogen-bond donors (Lipinski definition) is 1. The van der Waals surface area contributed by atoms with Crippen LogP contribution in [0.2, 0.25) is 0 Å². The topological polar surface area (TPSA) is 67.2 Å². The minimum Gasteiger partial charge on any atom is -0.352 e. The number of rotatable bonds is 5. The fourth-order valence-electron chi connectivity index (χ4n) is 4.27. The van der Waals surface area contributed by atoms with E-state index < -0.39 is 0 Å². The second-order valence-corrected chi connectivity index (χ2v) is 12.0. The Morgan fingerprint density at radius 3 is 2.53 bits per heavy atom. The number of amides is 2. The number of carbonyl (C=O) groups is 2. The van der Waals surface area contributed by atoms with Gasteiger partial charge in [-0.05, 0) is 54.3 Å². The second-order valence-electron chi connectivity index (χ2n) is 10.2. The number of nitrogens with one attached hydrogen (secondary N) is 1. The quantitative estimate of drug-likeness (QED) is 0.543. The standard InChI is InChI=1S/C26H30N4O2S2/c1-16-5-9-19(10-6-16)30-25-22(24(28-30)26(2,3)4)23(17-11-12-33-14-17)34-15-21(32)29(25)13-20(31)27-18-7-8-18/h5-6,9-12,14,18,23H,7-8,13,15H2,1-4H3,(H,27,31)/t23-/m0/s1. The molecule has 0 saturated heterocycles. The lowest BCUT2D eigenvalue weighted by atomic mass is 9.87. The molecule has 8 heteroatoms. The van der Waals surface area contributed by atoms with E-state index in [1.54, 1.807) is 28.0 Å². The fourth-order valence-corrected chi connectivity index (χ4v) is 6.23. The average molecular weight is 495 g/mol. The molecule has 5 rings (SSSR count). The van der Waals surface area contributed by atoms with E-state index in [0.29, 0.717) is 11.6 Å². The summed E-state index contributed by atoms with van der Waals surface area (Å²) < 4.78 is 1.88. The molecule has 0 spiro atoms. The number of fused-ring (bicyclic) bond motifs is 1. The Hall–Kier alpha value is -2.58. The Morgan fingerprint density at radius 1 is 1.18 bits per heavy atom. The van der Waals surface area contributed by atoms with Crippen molar-refractivity contribution in [2.24, 2.45) is 0 Å². The molecule has 1 aromatic carbocycles. The first-order chi connectivity index (χ1) is 16.2. The molecular formula is C26H30N4O2S2. The number of aromatic nitrogens is 2. The molecule has 3 heterocycles. The highest BCUT2D eigenvalue weighted by Gasteiger charge is 2.40. The van der Waals surface area contributed by atoms with E-state index in [9.17, 15) is 9.59 Å². The molecule has 1 fully saturated rings. The molecule has 3 aromatic rings.